The van der Waals surface area contributed by atoms with Crippen LogP contribution in [0.15, 0.2) is 48.1 Å². The Kier molecular flexibility index (Phi) is 4.62. The van der Waals surface area contributed by atoms with Crippen LogP contribution in [0, 0.1) is 17.8 Å². The van der Waals surface area contributed by atoms with Gasteiger partial charge in [0.25, 0.3) is 0 Å². The van der Waals surface area contributed by atoms with Crippen molar-refractivity contribution in [3.63, 3.8) is 0 Å². The molecule has 0 unspecified atom stereocenters. The fourth-order valence-corrected chi connectivity index (χ4v) is 2.51. The number of aromatic nitrogens is 1. The summed E-state index contributed by atoms with van der Waals surface area (Å²) in [5.41, 5.74) is 3.88. The summed E-state index contributed by atoms with van der Waals surface area (Å²) in [5.74, 6) is 6.40. The highest BCUT2D eigenvalue weighted by molar-refractivity contribution is 5.67. The molecule has 3 nitrogen and oxygen atoms in total. The number of nitrogens with one attached hydrogen (secondary N) is 1. The second kappa shape index (κ2) is 7.01. The molecular weight excluding hydrogens is 303 g/mol. The monoisotopic (exact) mass is 320 g/mol. The van der Waals surface area contributed by atoms with Gasteiger partial charge in [-0.2, -0.15) is 4.39 Å². The zero-order chi connectivity index (χ0) is 16.9. The second-order valence-electron chi connectivity index (χ2n) is 5.35. The summed E-state index contributed by atoms with van der Waals surface area (Å²) in [6.07, 6.45) is 6.66. The average molecular weight is 320 g/mol. The molecule has 0 bridgehead atoms. The highest BCUT2D eigenvalue weighted by atomic mass is 19.1. The summed E-state index contributed by atoms with van der Waals surface area (Å²) in [6.45, 7) is 0. The number of allylic oxidation sites excluding steroid dienone is 3. The molecule has 4 heteroatoms. The predicted molar refractivity (Wildman–Crippen MR) is 94.4 cm³/mol. The summed E-state index contributed by atoms with van der Waals surface area (Å²) in [6, 6.07) is 9.36. The minimum Gasteiger partial charge on any atom is -0.497 e. The van der Waals surface area contributed by atoms with E-state index in [1.54, 1.807) is 32.4 Å². The van der Waals surface area contributed by atoms with Crippen LogP contribution in [0.25, 0.3) is 6.08 Å². The number of ether oxygens (including phenoxy) is 1. The van der Waals surface area contributed by atoms with Gasteiger partial charge in [-0.3, -0.25) is 0 Å². The Labute approximate surface area is 140 Å². The van der Waals surface area contributed by atoms with Gasteiger partial charge in [0.15, 0.2) is 0 Å². The van der Waals surface area contributed by atoms with Crippen LogP contribution in [-0.4, -0.2) is 19.1 Å². The normalized spacial score (nSPS) is 12.4. The molecule has 24 heavy (non-hydrogen) atoms. The maximum absolute atomic E-state index is 13.7. The first-order chi connectivity index (χ1) is 11.7. The van der Waals surface area contributed by atoms with Crippen LogP contribution >= 0.6 is 0 Å². The summed E-state index contributed by atoms with van der Waals surface area (Å²) in [5, 5.41) is 2.79. The van der Waals surface area contributed by atoms with E-state index in [-0.39, 0.29) is 5.56 Å². The fourth-order valence-electron chi connectivity index (χ4n) is 2.51. The van der Waals surface area contributed by atoms with E-state index in [0.717, 1.165) is 17.7 Å². The zero-order valence-corrected chi connectivity index (χ0v) is 13.6. The molecule has 0 fully saturated rings. The molecule has 1 aromatic heterocycles. The Bertz CT molecular complexity index is 888. The topological polar surface area (TPSA) is 34.1 Å². The van der Waals surface area contributed by atoms with E-state index in [0.29, 0.717) is 5.82 Å². The zero-order valence-electron chi connectivity index (χ0n) is 13.6. The first-order valence-corrected chi connectivity index (χ1v) is 7.59. The molecule has 1 aliphatic rings. The van der Waals surface area contributed by atoms with Gasteiger partial charge in [0.1, 0.15) is 11.6 Å². The van der Waals surface area contributed by atoms with E-state index >= 15 is 0 Å². The second-order valence-corrected chi connectivity index (χ2v) is 5.35. The van der Waals surface area contributed by atoms with Crippen molar-refractivity contribution in [1.29, 1.82) is 0 Å². The first-order valence-electron chi connectivity index (χ1n) is 7.59. The Morgan fingerprint density at radius 1 is 1.29 bits per heavy atom. The highest BCUT2D eigenvalue weighted by Crippen LogP contribution is 2.28. The van der Waals surface area contributed by atoms with Gasteiger partial charge in [-0.15, -0.1) is 0 Å². The minimum atomic E-state index is -0.567. The lowest BCUT2D eigenvalue weighted by molar-refractivity contribution is 0.414. The molecule has 0 radical (unpaired) electrons. The maximum atomic E-state index is 13.7. The van der Waals surface area contributed by atoms with Crippen molar-refractivity contribution in [1.82, 2.24) is 4.98 Å². The molecule has 0 spiro atoms. The number of rotatable bonds is 3. The molecular formula is C20H17FN2O. The number of methoxy groups -OCH3 is 1. The number of nitrogens with zero attached hydrogens (tertiary/aromatic N) is 1. The standard InChI is InChI=1S/C20H17FN2O/c1-22-19-10-8-15(20(21)23-19)6-4-3-5-14-11-16-7-9-18(24-2)13-17(16)12-14/h3,5,7-10,12-13H,11H2,1-2H3,(H,22,23)/b5-3+. The Hall–Kier alpha value is -3.06. The minimum absolute atomic E-state index is 0.284. The number of halogens is 1. The van der Waals surface area contributed by atoms with Crippen LogP contribution in [0.3, 0.4) is 0 Å². The lowest BCUT2D eigenvalue weighted by Gasteiger charge is -2.02. The van der Waals surface area contributed by atoms with E-state index in [9.17, 15) is 4.39 Å². The molecule has 120 valence electrons. The molecule has 0 amide bonds. The summed E-state index contributed by atoms with van der Waals surface area (Å²) < 4.78 is 18.9. The predicted octanol–water partition coefficient (Wildman–Crippen LogP) is 3.82. The van der Waals surface area contributed by atoms with Crippen LogP contribution < -0.4 is 10.1 Å². The molecule has 0 saturated carbocycles. The van der Waals surface area contributed by atoms with Gasteiger partial charge in [-0.05, 0) is 53.5 Å². The van der Waals surface area contributed by atoms with Gasteiger partial charge in [0, 0.05) is 7.05 Å². The van der Waals surface area contributed by atoms with Crippen molar-refractivity contribution in [2.75, 3.05) is 19.5 Å². The lowest BCUT2D eigenvalue weighted by Crippen LogP contribution is -1.96. The van der Waals surface area contributed by atoms with Crippen molar-refractivity contribution >= 4 is 11.9 Å². The smallest absolute Gasteiger partial charge is 0.230 e. The number of benzene rings is 1. The van der Waals surface area contributed by atoms with Crippen LogP contribution in [0.1, 0.15) is 16.7 Å². The van der Waals surface area contributed by atoms with Gasteiger partial charge in [-0.25, -0.2) is 4.98 Å². The lowest BCUT2D eigenvalue weighted by atomic mass is 10.1. The van der Waals surface area contributed by atoms with E-state index in [1.807, 2.05) is 18.2 Å². The quantitative estimate of drug-likeness (QED) is 0.689. The molecule has 0 aliphatic heterocycles. The largest absolute Gasteiger partial charge is 0.497 e. The Morgan fingerprint density at radius 2 is 2.17 bits per heavy atom. The van der Waals surface area contributed by atoms with E-state index in [4.69, 9.17) is 4.74 Å². The highest BCUT2D eigenvalue weighted by Gasteiger charge is 2.11. The van der Waals surface area contributed by atoms with Crippen LogP contribution in [0.4, 0.5) is 10.2 Å². The molecule has 2 aromatic rings. The number of fused-ring (bicyclic) bond motifs is 1. The van der Waals surface area contributed by atoms with Crippen molar-refractivity contribution in [3.8, 4) is 17.6 Å². The summed E-state index contributed by atoms with van der Waals surface area (Å²) in [4.78, 5) is 3.76. The van der Waals surface area contributed by atoms with Gasteiger partial charge in [0.05, 0.1) is 12.7 Å². The Balaban J connectivity index is 1.70. The fraction of sp³-hybridized carbons (Fsp3) is 0.150. The van der Waals surface area contributed by atoms with E-state index < -0.39 is 5.95 Å². The molecule has 1 N–H and O–H groups in total. The number of hydrogen-bond acceptors (Lipinski definition) is 3. The van der Waals surface area contributed by atoms with Crippen molar-refractivity contribution in [2.24, 2.45) is 0 Å². The van der Waals surface area contributed by atoms with Gasteiger partial charge < -0.3 is 10.1 Å². The van der Waals surface area contributed by atoms with Gasteiger partial charge >= 0.3 is 0 Å². The molecule has 0 atom stereocenters. The molecule has 0 saturated heterocycles. The van der Waals surface area contributed by atoms with Crippen LogP contribution in [0.5, 0.6) is 5.75 Å². The maximum Gasteiger partial charge on any atom is 0.230 e. The SMILES string of the molecule is CNc1ccc(C#C/C=C/C2=Cc3cc(OC)ccc3C2)c(F)n1. The third kappa shape index (κ3) is 3.47. The van der Waals surface area contributed by atoms with Gasteiger partial charge in [-0.1, -0.05) is 30.1 Å². The van der Waals surface area contributed by atoms with Crippen molar-refractivity contribution in [2.45, 2.75) is 6.42 Å². The van der Waals surface area contributed by atoms with Gasteiger partial charge in [0.2, 0.25) is 5.95 Å². The Morgan fingerprint density at radius 3 is 2.92 bits per heavy atom. The van der Waals surface area contributed by atoms with Crippen molar-refractivity contribution < 1.29 is 9.13 Å². The third-order valence-electron chi connectivity index (χ3n) is 3.78. The van der Waals surface area contributed by atoms with Crippen LogP contribution in [-0.2, 0) is 6.42 Å². The number of hydrogen-bond donors (Lipinski definition) is 1. The number of anilines is 1. The van der Waals surface area contributed by atoms with Crippen LogP contribution in [0.2, 0.25) is 0 Å². The molecule has 1 aliphatic carbocycles. The number of pyridine rings is 1. The van der Waals surface area contributed by atoms with E-state index in [1.165, 1.54) is 11.1 Å². The molecule has 1 aromatic carbocycles. The summed E-state index contributed by atoms with van der Waals surface area (Å²) >= 11 is 0. The van der Waals surface area contributed by atoms with Crippen molar-refractivity contribution in [3.05, 3.63) is 70.7 Å². The van der Waals surface area contributed by atoms with E-state index in [2.05, 4.69) is 34.3 Å². The average Bonchev–Trinajstić information content (AvgIpc) is 3.01. The molecule has 1 heterocycles. The third-order valence-corrected chi connectivity index (χ3v) is 3.78. The summed E-state index contributed by atoms with van der Waals surface area (Å²) in [7, 11) is 3.35. The first kappa shape index (κ1) is 15.8. The molecule has 3 rings (SSSR count).